The lowest BCUT2D eigenvalue weighted by Crippen LogP contribution is -2.06. The molecule has 0 aromatic rings. The van der Waals surface area contributed by atoms with Gasteiger partial charge in [0.25, 0.3) is 0 Å². The Morgan fingerprint density at radius 1 is 0.390 bits per heavy atom. The summed E-state index contributed by atoms with van der Waals surface area (Å²) in [6.07, 6.45) is 30.4. The molecule has 0 heterocycles. The molecule has 0 amide bonds. The van der Waals surface area contributed by atoms with Crippen LogP contribution < -0.4 is 0 Å². The van der Waals surface area contributed by atoms with Gasteiger partial charge in [0.2, 0.25) is 0 Å². The molecule has 0 atom stereocenters. The van der Waals surface area contributed by atoms with Gasteiger partial charge in [0.1, 0.15) is 0 Å². The summed E-state index contributed by atoms with van der Waals surface area (Å²) in [5.74, 6) is 0. The van der Waals surface area contributed by atoms with Gasteiger partial charge in [0, 0.05) is 25.2 Å². The van der Waals surface area contributed by atoms with Gasteiger partial charge < -0.3 is 5.11 Å². The van der Waals surface area contributed by atoms with Crippen LogP contribution in [-0.2, 0) is 60.2 Å². The van der Waals surface area contributed by atoms with Crippen molar-refractivity contribution in [3.05, 3.63) is 0 Å². The van der Waals surface area contributed by atoms with E-state index in [-0.39, 0.29) is 0 Å². The first kappa shape index (κ1) is 39.8. The Morgan fingerprint density at radius 3 is 0.976 bits per heavy atom. The first-order chi connectivity index (χ1) is 20.3. The van der Waals surface area contributed by atoms with E-state index in [4.69, 9.17) is 9.99 Å². The minimum Gasteiger partial charge on any atom is -0.448 e. The zero-order chi connectivity index (χ0) is 29.7. The predicted molar refractivity (Wildman–Crippen MR) is 142 cm³/mol. The van der Waals surface area contributed by atoms with Gasteiger partial charge in [-0.25, -0.2) is 14.6 Å². The highest BCUT2D eigenvalue weighted by molar-refractivity contribution is 5.55. The maximum Gasteiger partial charge on any atom is 0.540 e. The van der Waals surface area contributed by atoms with Crippen LogP contribution in [0.25, 0.3) is 0 Å². The fraction of sp³-hybridized carbons (Fsp3) is 0.963. The van der Waals surface area contributed by atoms with Crippen LogP contribution in [0.1, 0.15) is 161 Å². The van der Waals surface area contributed by atoms with E-state index in [0.29, 0.717) is 6.61 Å². The minimum atomic E-state index is -1.79. The number of carboxylic acid groups (broad SMARTS) is 1. The number of hydrogen-bond acceptors (Lipinski definition) is 13. The molecule has 41 heavy (non-hydrogen) atoms. The Balaban J connectivity index is 3.03. The third-order valence-corrected chi connectivity index (χ3v) is 6.48. The van der Waals surface area contributed by atoms with E-state index in [1.807, 2.05) is 0 Å². The van der Waals surface area contributed by atoms with Gasteiger partial charge in [-0.1, -0.05) is 155 Å². The zero-order valence-corrected chi connectivity index (χ0v) is 24.9. The fourth-order valence-corrected chi connectivity index (χ4v) is 4.31. The SMILES string of the molecule is CCCCCCCCCCCCCCCCCCCCCCCCCCOOOOOOOOOOOOC(=O)O. The molecule has 0 aromatic heterocycles. The van der Waals surface area contributed by atoms with Gasteiger partial charge in [-0.2, -0.15) is 0 Å². The van der Waals surface area contributed by atoms with Gasteiger partial charge in [-0.15, -0.1) is 0 Å². The van der Waals surface area contributed by atoms with Crippen molar-refractivity contribution < 1.29 is 70.1 Å². The van der Waals surface area contributed by atoms with E-state index in [1.165, 1.54) is 135 Å². The molecule has 0 bridgehead atoms. The predicted octanol–water partition coefficient (Wildman–Crippen LogP) is 9.31. The highest BCUT2D eigenvalue weighted by Gasteiger charge is 2.01. The van der Waals surface area contributed by atoms with Crippen molar-refractivity contribution >= 4 is 6.16 Å². The minimum absolute atomic E-state index is 0.312. The molecule has 0 aromatic carbocycles. The molecule has 0 fully saturated rings. The fourth-order valence-electron chi connectivity index (χ4n) is 4.31. The standard InChI is InChI=1S/C27H54O14/c1-2-3-4-5-6-7-8-9-10-11-12-13-14-15-16-17-18-19-20-21-22-23-24-25-26-30-32-34-36-38-40-41-39-37-35-33-31-27(28)29/h2-26H2,1H3,(H,28,29). The van der Waals surface area contributed by atoms with Crippen LogP contribution in [0.4, 0.5) is 4.79 Å². The second-order valence-corrected chi connectivity index (χ2v) is 9.98. The zero-order valence-electron chi connectivity index (χ0n) is 24.9. The third-order valence-electron chi connectivity index (χ3n) is 6.48. The van der Waals surface area contributed by atoms with E-state index >= 15 is 0 Å². The van der Waals surface area contributed by atoms with Crippen molar-refractivity contribution in [2.45, 2.75) is 161 Å². The Kier molecular flexibility index (Phi) is 35.8. The van der Waals surface area contributed by atoms with Gasteiger partial charge in [0.05, 0.1) is 6.61 Å². The summed E-state index contributed by atoms with van der Waals surface area (Å²) >= 11 is 0. The van der Waals surface area contributed by atoms with Gasteiger partial charge >= 0.3 is 6.16 Å². The monoisotopic (exact) mass is 602 g/mol. The molecular formula is C27H54O14. The first-order valence-electron chi connectivity index (χ1n) is 15.5. The molecule has 0 aliphatic carbocycles. The van der Waals surface area contributed by atoms with E-state index < -0.39 is 6.16 Å². The molecule has 14 nitrogen and oxygen atoms in total. The Labute approximate surface area is 244 Å². The van der Waals surface area contributed by atoms with E-state index in [1.54, 1.807) is 0 Å². The molecule has 0 saturated heterocycles. The Hall–Kier alpha value is -1.17. The van der Waals surface area contributed by atoms with Crippen LogP contribution in [0.5, 0.6) is 0 Å². The molecule has 0 rings (SSSR count). The van der Waals surface area contributed by atoms with Crippen LogP contribution in [0.2, 0.25) is 0 Å². The van der Waals surface area contributed by atoms with Crippen molar-refractivity contribution in [3.8, 4) is 0 Å². The van der Waals surface area contributed by atoms with Crippen molar-refractivity contribution in [3.63, 3.8) is 0 Å². The van der Waals surface area contributed by atoms with Gasteiger partial charge in [0.15, 0.2) is 0 Å². The number of unbranched alkanes of at least 4 members (excludes halogenated alkanes) is 23. The lowest BCUT2D eigenvalue weighted by molar-refractivity contribution is -0.862. The second kappa shape index (κ2) is 36.9. The summed E-state index contributed by atoms with van der Waals surface area (Å²) in [5, 5.41) is 45.2. The van der Waals surface area contributed by atoms with Crippen molar-refractivity contribution in [1.82, 2.24) is 0 Å². The van der Waals surface area contributed by atoms with Gasteiger partial charge in [-0.3, -0.25) is 0 Å². The largest absolute Gasteiger partial charge is 0.540 e. The number of hydrogen-bond donors (Lipinski definition) is 1. The maximum atomic E-state index is 9.83. The van der Waals surface area contributed by atoms with Crippen LogP contribution in [-0.4, -0.2) is 17.9 Å². The van der Waals surface area contributed by atoms with Crippen LogP contribution in [0.3, 0.4) is 0 Å². The van der Waals surface area contributed by atoms with Crippen molar-refractivity contribution in [2.24, 2.45) is 0 Å². The molecule has 0 saturated carbocycles. The molecule has 0 radical (unpaired) electrons. The molecule has 0 spiro atoms. The maximum absolute atomic E-state index is 9.83. The molecular weight excluding hydrogens is 548 g/mol. The molecule has 14 heteroatoms. The number of carbonyl (C=O) groups is 1. The van der Waals surface area contributed by atoms with Crippen molar-refractivity contribution in [1.29, 1.82) is 0 Å². The van der Waals surface area contributed by atoms with Crippen LogP contribution in [0, 0.1) is 0 Å². The molecule has 246 valence electrons. The highest BCUT2D eigenvalue weighted by Crippen LogP contribution is 2.15. The third kappa shape index (κ3) is 38.8. The van der Waals surface area contributed by atoms with Gasteiger partial charge in [-0.05, 0) is 31.6 Å². The summed E-state index contributed by atoms with van der Waals surface area (Å²) in [4.78, 5) is 17.9. The summed E-state index contributed by atoms with van der Waals surface area (Å²) in [7, 11) is 0. The lowest BCUT2D eigenvalue weighted by Gasteiger charge is -2.04. The van der Waals surface area contributed by atoms with Crippen LogP contribution >= 0.6 is 0 Å². The Bertz CT molecular complexity index is 501. The summed E-state index contributed by atoms with van der Waals surface area (Å²) < 4.78 is 0. The smallest absolute Gasteiger partial charge is 0.448 e. The average Bonchev–Trinajstić information content (AvgIpc) is 2.97. The van der Waals surface area contributed by atoms with Crippen LogP contribution in [0.15, 0.2) is 0 Å². The normalized spacial score (nSPS) is 11.3. The molecule has 0 aliphatic heterocycles. The topological polar surface area (TPSA) is 148 Å². The molecule has 0 unspecified atom stereocenters. The average molecular weight is 603 g/mol. The second-order valence-electron chi connectivity index (χ2n) is 9.98. The van der Waals surface area contributed by atoms with Crippen molar-refractivity contribution in [2.75, 3.05) is 6.61 Å². The first-order valence-corrected chi connectivity index (χ1v) is 15.5. The summed E-state index contributed by atoms with van der Waals surface area (Å²) in [6.45, 7) is 2.59. The van der Waals surface area contributed by atoms with E-state index in [9.17, 15) is 4.79 Å². The summed E-state index contributed by atoms with van der Waals surface area (Å²) in [6, 6.07) is 0. The van der Waals surface area contributed by atoms with E-state index in [0.717, 1.165) is 19.3 Å². The Morgan fingerprint density at radius 2 is 0.659 bits per heavy atom. The molecule has 0 aliphatic rings. The quantitative estimate of drug-likeness (QED) is 0.0412. The molecule has 1 N–H and O–H groups in total. The number of rotatable bonds is 36. The highest BCUT2D eigenvalue weighted by atomic mass is 18.0. The summed E-state index contributed by atoms with van der Waals surface area (Å²) in [5.41, 5.74) is 0. The lowest BCUT2D eigenvalue weighted by atomic mass is 10.0. The van der Waals surface area contributed by atoms with E-state index in [2.05, 4.69) is 62.2 Å².